The van der Waals surface area contributed by atoms with Crippen molar-refractivity contribution in [2.45, 2.75) is 18.7 Å². The Morgan fingerprint density at radius 3 is 2.31 bits per heavy atom. The number of rotatable bonds is 3. The van der Waals surface area contributed by atoms with E-state index in [1.807, 2.05) is 0 Å². The molecule has 0 amide bonds. The molecule has 1 unspecified atom stereocenters. The summed E-state index contributed by atoms with van der Waals surface area (Å²) in [4.78, 5) is 2.99. The van der Waals surface area contributed by atoms with Crippen molar-refractivity contribution >= 4 is 10.1 Å². The average Bonchev–Trinajstić information content (AvgIpc) is 2.48. The predicted octanol–water partition coefficient (Wildman–Crippen LogP) is 0.875. The molecule has 0 bridgehead atoms. The largest absolute Gasteiger partial charge is 0.523 e. The van der Waals surface area contributed by atoms with E-state index < -0.39 is 21.9 Å². The number of hydrogen-bond acceptors (Lipinski definition) is 5. The molecule has 0 spiro atoms. The Bertz CT molecular complexity index is 379. The fourth-order valence-corrected chi connectivity index (χ4v) is 1.67. The minimum absolute atomic E-state index is 0.272. The van der Waals surface area contributed by atoms with E-state index in [0.29, 0.717) is 0 Å². The zero-order valence-corrected chi connectivity index (χ0v) is 9.42. The van der Waals surface area contributed by atoms with Gasteiger partial charge in [0.2, 0.25) is 0 Å². The Morgan fingerprint density at radius 2 is 1.94 bits per heavy atom. The molecule has 0 aromatic rings. The highest BCUT2D eigenvalue weighted by molar-refractivity contribution is 7.87. The van der Waals surface area contributed by atoms with Gasteiger partial charge < -0.3 is 9.80 Å². The maximum Gasteiger partial charge on any atom is 0.523 e. The minimum Gasteiger partial charge on any atom is -0.362 e. The second-order valence-corrected chi connectivity index (χ2v) is 4.87. The van der Waals surface area contributed by atoms with Crippen LogP contribution in [0.2, 0.25) is 0 Å². The van der Waals surface area contributed by atoms with E-state index in [4.69, 9.17) is 0 Å². The summed E-state index contributed by atoms with van der Waals surface area (Å²) < 4.78 is 61.4. The first kappa shape index (κ1) is 13.1. The molecule has 0 N–H and O–H groups in total. The molecule has 1 rings (SSSR count). The molecule has 1 atom stereocenters. The Hall–Kier alpha value is -0.960. The van der Waals surface area contributed by atoms with Crippen LogP contribution >= 0.6 is 0 Å². The molecule has 1 aliphatic heterocycles. The number of nitrogens with zero attached hydrogens (tertiary/aromatic N) is 2. The molecule has 5 nitrogen and oxygen atoms in total. The first-order chi connectivity index (χ1) is 7.13. The van der Waals surface area contributed by atoms with Gasteiger partial charge in [-0.1, -0.05) is 0 Å². The molecule has 0 fully saturated rings. The quantitative estimate of drug-likeness (QED) is 0.557. The zero-order valence-electron chi connectivity index (χ0n) is 8.60. The van der Waals surface area contributed by atoms with E-state index in [0.717, 1.165) is 0 Å². The lowest BCUT2D eigenvalue weighted by atomic mass is 10.6. The van der Waals surface area contributed by atoms with E-state index >= 15 is 0 Å². The van der Waals surface area contributed by atoms with Crippen molar-refractivity contribution in [2.24, 2.45) is 0 Å². The SMILES string of the molecule is CC(OS(=O)(=O)C(F)(F)F)N1C=CN(C)C1. The summed E-state index contributed by atoms with van der Waals surface area (Å²) in [5.41, 5.74) is -5.39. The zero-order chi connectivity index (χ0) is 12.6. The van der Waals surface area contributed by atoms with Crippen molar-refractivity contribution in [2.75, 3.05) is 13.7 Å². The molecule has 0 aromatic carbocycles. The molecule has 0 radical (unpaired) electrons. The lowest BCUT2D eigenvalue weighted by Crippen LogP contribution is -2.38. The van der Waals surface area contributed by atoms with E-state index in [1.165, 1.54) is 18.0 Å². The van der Waals surface area contributed by atoms with Crippen LogP contribution in [0.4, 0.5) is 13.2 Å². The van der Waals surface area contributed by atoms with Gasteiger partial charge in [-0.05, 0) is 6.92 Å². The van der Waals surface area contributed by atoms with E-state index in [2.05, 4.69) is 4.18 Å². The van der Waals surface area contributed by atoms with Crippen molar-refractivity contribution in [1.29, 1.82) is 0 Å². The van der Waals surface area contributed by atoms with Crippen LogP contribution < -0.4 is 0 Å². The molecular formula is C7H11F3N2O3S. The highest BCUT2D eigenvalue weighted by Crippen LogP contribution is 2.26. The summed E-state index contributed by atoms with van der Waals surface area (Å²) in [6.45, 7) is 1.50. The molecular weight excluding hydrogens is 249 g/mol. The maximum atomic E-state index is 12.0. The number of alkyl halides is 3. The average molecular weight is 260 g/mol. The van der Waals surface area contributed by atoms with Gasteiger partial charge in [-0.3, -0.25) is 0 Å². The van der Waals surface area contributed by atoms with Crippen LogP contribution in [0.15, 0.2) is 12.4 Å². The van der Waals surface area contributed by atoms with Crippen LogP contribution in [0.5, 0.6) is 0 Å². The molecule has 9 heteroatoms. The molecule has 94 valence electrons. The summed E-state index contributed by atoms with van der Waals surface area (Å²) in [5, 5.41) is 0. The first-order valence-electron chi connectivity index (χ1n) is 4.27. The second kappa shape index (κ2) is 4.13. The fourth-order valence-electron chi connectivity index (χ4n) is 1.08. The topological polar surface area (TPSA) is 49.9 Å². The summed E-state index contributed by atoms with van der Waals surface area (Å²) >= 11 is 0. The second-order valence-electron chi connectivity index (χ2n) is 3.31. The van der Waals surface area contributed by atoms with Crippen LogP contribution in [-0.2, 0) is 14.3 Å². The summed E-state index contributed by atoms with van der Waals surface area (Å²) in [6.07, 6.45) is 1.85. The smallest absolute Gasteiger partial charge is 0.362 e. The first-order valence-corrected chi connectivity index (χ1v) is 5.68. The van der Waals surface area contributed by atoms with Crippen LogP contribution in [0.25, 0.3) is 0 Å². The maximum absolute atomic E-state index is 12.0. The predicted molar refractivity (Wildman–Crippen MR) is 49.1 cm³/mol. The van der Waals surface area contributed by atoms with Crippen LogP contribution in [-0.4, -0.2) is 43.7 Å². The minimum atomic E-state index is -5.55. The number of halogens is 3. The van der Waals surface area contributed by atoms with E-state index in [1.54, 1.807) is 18.1 Å². The Labute approximate surface area is 91.2 Å². The Kier molecular flexibility index (Phi) is 3.38. The van der Waals surface area contributed by atoms with Crippen molar-refractivity contribution in [1.82, 2.24) is 9.80 Å². The van der Waals surface area contributed by atoms with Gasteiger partial charge in [0, 0.05) is 19.4 Å². The van der Waals surface area contributed by atoms with Crippen molar-refractivity contribution in [3.05, 3.63) is 12.4 Å². The number of hydrogen-bond donors (Lipinski definition) is 0. The third-order valence-electron chi connectivity index (χ3n) is 1.92. The van der Waals surface area contributed by atoms with Crippen molar-refractivity contribution < 1.29 is 25.8 Å². The Morgan fingerprint density at radius 1 is 1.38 bits per heavy atom. The van der Waals surface area contributed by atoms with Gasteiger partial charge >= 0.3 is 15.6 Å². The third-order valence-corrected chi connectivity index (χ3v) is 3.01. The monoisotopic (exact) mass is 260 g/mol. The van der Waals surface area contributed by atoms with Gasteiger partial charge in [-0.2, -0.15) is 21.6 Å². The van der Waals surface area contributed by atoms with Gasteiger partial charge in [-0.15, -0.1) is 0 Å². The summed E-state index contributed by atoms with van der Waals surface area (Å²) in [5.74, 6) is 0. The standard InChI is InChI=1S/C7H11F3N2O3S/c1-6(12-4-3-11(2)5-12)15-16(13,14)7(8,9)10/h3-4,6H,5H2,1-2H3. The van der Waals surface area contributed by atoms with Crippen LogP contribution in [0, 0.1) is 0 Å². The van der Waals surface area contributed by atoms with Crippen LogP contribution in [0.3, 0.4) is 0 Å². The summed E-state index contributed by atoms with van der Waals surface area (Å²) in [7, 11) is -3.85. The normalized spacial score (nSPS) is 19.3. The summed E-state index contributed by atoms with van der Waals surface area (Å²) in [6, 6.07) is 0. The van der Waals surface area contributed by atoms with Gasteiger partial charge in [-0.25, -0.2) is 4.18 Å². The molecule has 1 aliphatic rings. The van der Waals surface area contributed by atoms with E-state index in [-0.39, 0.29) is 6.67 Å². The molecule has 1 heterocycles. The van der Waals surface area contributed by atoms with Crippen molar-refractivity contribution in [3.8, 4) is 0 Å². The van der Waals surface area contributed by atoms with Crippen molar-refractivity contribution in [3.63, 3.8) is 0 Å². The van der Waals surface area contributed by atoms with Gasteiger partial charge in [0.1, 0.15) is 6.23 Å². The molecule has 0 aromatic heterocycles. The highest BCUT2D eigenvalue weighted by atomic mass is 32.2. The molecule has 0 saturated carbocycles. The van der Waals surface area contributed by atoms with E-state index in [9.17, 15) is 21.6 Å². The molecule has 0 aliphatic carbocycles. The fraction of sp³-hybridized carbons (Fsp3) is 0.714. The van der Waals surface area contributed by atoms with Crippen LogP contribution in [0.1, 0.15) is 6.92 Å². The lowest BCUT2D eigenvalue weighted by Gasteiger charge is -2.25. The molecule has 16 heavy (non-hydrogen) atoms. The Balaban J connectivity index is 2.66. The van der Waals surface area contributed by atoms with Gasteiger partial charge in [0.25, 0.3) is 0 Å². The third kappa shape index (κ3) is 2.79. The molecule has 0 saturated heterocycles. The highest BCUT2D eigenvalue weighted by Gasteiger charge is 2.48. The lowest BCUT2D eigenvalue weighted by molar-refractivity contribution is -0.0631. The van der Waals surface area contributed by atoms with Gasteiger partial charge in [0.05, 0.1) is 6.67 Å². The van der Waals surface area contributed by atoms with Gasteiger partial charge in [0.15, 0.2) is 0 Å².